The molecule has 0 spiro atoms. The Labute approximate surface area is 104 Å². The molecule has 0 fully saturated rings. The molecule has 7 nitrogen and oxygen atoms in total. The Balaban J connectivity index is 2.14. The number of nitrogens with one attached hydrogen (secondary N) is 2. The highest BCUT2D eigenvalue weighted by molar-refractivity contribution is 5.82. The fourth-order valence-corrected chi connectivity index (χ4v) is 1.71. The molecule has 2 rings (SSSR count). The van der Waals surface area contributed by atoms with Gasteiger partial charge < -0.3 is 15.4 Å². The maximum atomic E-state index is 11.1. The molecule has 2 aromatic heterocycles. The maximum absolute atomic E-state index is 11.1. The predicted octanol–water partition coefficient (Wildman–Crippen LogP) is 1.12. The summed E-state index contributed by atoms with van der Waals surface area (Å²) in [6.07, 6.45) is 2.93. The number of aromatic nitrogens is 4. The van der Waals surface area contributed by atoms with Crippen LogP contribution in [0.1, 0.15) is 13.8 Å². The molecule has 0 aromatic carbocycles. The van der Waals surface area contributed by atoms with E-state index in [4.69, 9.17) is 5.11 Å². The van der Waals surface area contributed by atoms with Crippen LogP contribution in [0.3, 0.4) is 0 Å². The summed E-state index contributed by atoms with van der Waals surface area (Å²) in [5, 5.41) is 12.1. The van der Waals surface area contributed by atoms with E-state index in [-0.39, 0.29) is 5.92 Å². The Morgan fingerprint density at radius 3 is 2.89 bits per heavy atom. The number of fused-ring (bicyclic) bond motifs is 1. The van der Waals surface area contributed by atoms with Crippen molar-refractivity contribution < 1.29 is 9.90 Å². The lowest BCUT2D eigenvalue weighted by Gasteiger charge is -2.17. The van der Waals surface area contributed by atoms with E-state index in [0.29, 0.717) is 23.5 Å². The molecule has 1 atom stereocenters. The molecule has 0 radical (unpaired) electrons. The molecule has 2 heterocycles. The minimum atomic E-state index is -0.813. The molecule has 18 heavy (non-hydrogen) atoms. The van der Waals surface area contributed by atoms with Crippen molar-refractivity contribution in [3.63, 3.8) is 0 Å². The molecule has 2 aromatic rings. The van der Waals surface area contributed by atoms with Crippen LogP contribution in [0, 0.1) is 11.8 Å². The van der Waals surface area contributed by atoms with Gasteiger partial charge in [-0.1, -0.05) is 13.8 Å². The molecule has 7 heteroatoms. The smallest absolute Gasteiger partial charge is 0.308 e. The number of aliphatic carboxylic acids is 1. The summed E-state index contributed by atoms with van der Waals surface area (Å²) in [6.45, 7) is 4.08. The summed E-state index contributed by atoms with van der Waals surface area (Å²) in [4.78, 5) is 26.1. The Kier molecular flexibility index (Phi) is 3.40. The molecule has 1 unspecified atom stereocenters. The number of aromatic amines is 1. The third kappa shape index (κ3) is 2.39. The first-order valence-corrected chi connectivity index (χ1v) is 5.70. The van der Waals surface area contributed by atoms with Crippen LogP contribution < -0.4 is 5.32 Å². The van der Waals surface area contributed by atoms with Crippen molar-refractivity contribution in [2.75, 3.05) is 11.9 Å². The molecular formula is C11H15N5O2. The van der Waals surface area contributed by atoms with E-state index in [0.717, 1.165) is 0 Å². The second-order valence-corrected chi connectivity index (χ2v) is 4.39. The number of imidazole rings is 1. The van der Waals surface area contributed by atoms with Crippen LogP contribution in [0.5, 0.6) is 0 Å². The first kappa shape index (κ1) is 12.3. The number of nitrogens with zero attached hydrogens (tertiary/aromatic N) is 3. The topological polar surface area (TPSA) is 104 Å². The highest BCUT2D eigenvalue weighted by Crippen LogP contribution is 2.17. The molecule has 0 aliphatic heterocycles. The minimum absolute atomic E-state index is 0.0501. The number of H-pyrrole nitrogens is 1. The molecule has 0 amide bonds. The van der Waals surface area contributed by atoms with Crippen LogP contribution in [-0.4, -0.2) is 37.6 Å². The van der Waals surface area contributed by atoms with Crippen LogP contribution in [-0.2, 0) is 4.79 Å². The monoisotopic (exact) mass is 249 g/mol. The summed E-state index contributed by atoms with van der Waals surface area (Å²) in [5.74, 6) is -0.649. The zero-order valence-electron chi connectivity index (χ0n) is 10.2. The average molecular weight is 249 g/mol. The number of carbonyl (C=O) groups is 1. The minimum Gasteiger partial charge on any atom is -0.481 e. The lowest BCUT2D eigenvalue weighted by Crippen LogP contribution is -2.27. The zero-order valence-corrected chi connectivity index (χ0v) is 10.2. The van der Waals surface area contributed by atoms with Gasteiger partial charge in [0.05, 0.1) is 12.2 Å². The van der Waals surface area contributed by atoms with Crippen LogP contribution in [0.2, 0.25) is 0 Å². The highest BCUT2D eigenvalue weighted by Gasteiger charge is 2.21. The van der Waals surface area contributed by atoms with Crippen molar-refractivity contribution >= 4 is 23.0 Å². The second kappa shape index (κ2) is 4.99. The van der Waals surface area contributed by atoms with Gasteiger partial charge in [0.2, 0.25) is 0 Å². The van der Waals surface area contributed by atoms with E-state index in [2.05, 4.69) is 25.3 Å². The molecule has 3 N–H and O–H groups in total. The number of carboxylic acid groups (broad SMARTS) is 1. The number of carboxylic acids is 1. The van der Waals surface area contributed by atoms with Crippen molar-refractivity contribution in [1.29, 1.82) is 0 Å². The van der Waals surface area contributed by atoms with E-state index < -0.39 is 11.9 Å². The zero-order chi connectivity index (χ0) is 13.1. The third-order valence-corrected chi connectivity index (χ3v) is 2.83. The standard InChI is InChI=1S/C11H15N5O2/c1-6(2)7(11(17)18)3-12-9-8-10(14-4-13-8)16-5-15-9/h4-7H,3H2,1-2H3,(H,17,18)(H2,12,13,14,15,16). The Morgan fingerprint density at radius 1 is 1.44 bits per heavy atom. The van der Waals surface area contributed by atoms with Crippen LogP contribution >= 0.6 is 0 Å². The summed E-state index contributed by atoms with van der Waals surface area (Å²) in [6, 6.07) is 0. The van der Waals surface area contributed by atoms with Gasteiger partial charge in [-0.05, 0) is 5.92 Å². The average Bonchev–Trinajstić information content (AvgIpc) is 2.77. The van der Waals surface area contributed by atoms with E-state index >= 15 is 0 Å². The molecule has 0 bridgehead atoms. The summed E-state index contributed by atoms with van der Waals surface area (Å²) < 4.78 is 0. The van der Waals surface area contributed by atoms with Gasteiger partial charge in [0.15, 0.2) is 11.5 Å². The molecule has 0 saturated carbocycles. The van der Waals surface area contributed by atoms with Crippen molar-refractivity contribution in [3.05, 3.63) is 12.7 Å². The van der Waals surface area contributed by atoms with Crippen molar-refractivity contribution in [2.24, 2.45) is 11.8 Å². The quantitative estimate of drug-likeness (QED) is 0.733. The van der Waals surface area contributed by atoms with Crippen molar-refractivity contribution in [1.82, 2.24) is 19.9 Å². The number of anilines is 1. The van der Waals surface area contributed by atoms with Crippen LogP contribution in [0.25, 0.3) is 11.2 Å². The Morgan fingerprint density at radius 2 is 2.22 bits per heavy atom. The van der Waals surface area contributed by atoms with E-state index in [9.17, 15) is 4.79 Å². The summed E-state index contributed by atoms with van der Waals surface area (Å²) in [5.41, 5.74) is 1.24. The van der Waals surface area contributed by atoms with E-state index in [1.807, 2.05) is 13.8 Å². The SMILES string of the molecule is CC(C)C(CNc1ncnc2nc[nH]c12)C(=O)O. The second-order valence-electron chi connectivity index (χ2n) is 4.39. The third-order valence-electron chi connectivity index (χ3n) is 2.83. The van der Waals surface area contributed by atoms with Crippen LogP contribution in [0.4, 0.5) is 5.82 Å². The fraction of sp³-hybridized carbons (Fsp3) is 0.455. The van der Waals surface area contributed by atoms with Gasteiger partial charge in [0.25, 0.3) is 0 Å². The fourth-order valence-electron chi connectivity index (χ4n) is 1.71. The van der Waals surface area contributed by atoms with Crippen LogP contribution in [0.15, 0.2) is 12.7 Å². The largest absolute Gasteiger partial charge is 0.481 e. The number of rotatable bonds is 5. The molecule has 0 aliphatic rings. The van der Waals surface area contributed by atoms with E-state index in [1.165, 1.54) is 12.7 Å². The van der Waals surface area contributed by atoms with E-state index in [1.54, 1.807) is 0 Å². The first-order valence-electron chi connectivity index (χ1n) is 5.70. The van der Waals surface area contributed by atoms with Gasteiger partial charge in [-0.3, -0.25) is 4.79 Å². The highest BCUT2D eigenvalue weighted by atomic mass is 16.4. The first-order chi connectivity index (χ1) is 8.59. The molecular weight excluding hydrogens is 234 g/mol. The number of hydrogen-bond donors (Lipinski definition) is 3. The Hall–Kier alpha value is -2.18. The predicted molar refractivity (Wildman–Crippen MR) is 66.1 cm³/mol. The Bertz CT molecular complexity index is 551. The van der Waals surface area contributed by atoms with Crippen molar-refractivity contribution in [3.8, 4) is 0 Å². The van der Waals surface area contributed by atoms with Gasteiger partial charge >= 0.3 is 5.97 Å². The summed E-state index contributed by atoms with van der Waals surface area (Å²) in [7, 11) is 0. The van der Waals surface area contributed by atoms with Gasteiger partial charge in [0.1, 0.15) is 11.8 Å². The lowest BCUT2D eigenvalue weighted by atomic mass is 9.96. The molecule has 96 valence electrons. The van der Waals surface area contributed by atoms with Gasteiger partial charge in [-0.2, -0.15) is 0 Å². The molecule has 0 saturated heterocycles. The maximum Gasteiger partial charge on any atom is 0.308 e. The summed E-state index contributed by atoms with van der Waals surface area (Å²) >= 11 is 0. The van der Waals surface area contributed by atoms with Gasteiger partial charge in [-0.15, -0.1) is 0 Å². The normalized spacial score (nSPS) is 12.8. The number of hydrogen-bond acceptors (Lipinski definition) is 5. The molecule has 0 aliphatic carbocycles. The lowest BCUT2D eigenvalue weighted by molar-refractivity contribution is -0.142. The van der Waals surface area contributed by atoms with Gasteiger partial charge in [-0.25, -0.2) is 15.0 Å². The van der Waals surface area contributed by atoms with Crippen molar-refractivity contribution in [2.45, 2.75) is 13.8 Å². The van der Waals surface area contributed by atoms with Gasteiger partial charge in [0, 0.05) is 6.54 Å².